The van der Waals surface area contributed by atoms with Crippen LogP contribution >= 0.6 is 15.9 Å². The molecular formula is C13H15BrN4O. The van der Waals surface area contributed by atoms with E-state index in [1.54, 1.807) is 0 Å². The van der Waals surface area contributed by atoms with Crippen LogP contribution < -0.4 is 5.32 Å². The summed E-state index contributed by atoms with van der Waals surface area (Å²) in [4.78, 5) is 4.28. The van der Waals surface area contributed by atoms with E-state index >= 15 is 0 Å². The van der Waals surface area contributed by atoms with Crippen molar-refractivity contribution in [2.75, 3.05) is 18.5 Å². The molecule has 0 radical (unpaired) electrons. The van der Waals surface area contributed by atoms with Gasteiger partial charge < -0.3 is 10.1 Å². The van der Waals surface area contributed by atoms with E-state index in [0.29, 0.717) is 6.04 Å². The van der Waals surface area contributed by atoms with Crippen LogP contribution in [0.1, 0.15) is 17.2 Å². The molecule has 0 aromatic carbocycles. The second-order valence-corrected chi connectivity index (χ2v) is 5.43. The van der Waals surface area contributed by atoms with E-state index in [9.17, 15) is 0 Å². The second kappa shape index (κ2) is 5.30. The van der Waals surface area contributed by atoms with E-state index in [4.69, 9.17) is 4.74 Å². The Morgan fingerprint density at radius 3 is 3.05 bits per heavy atom. The number of pyridine rings is 1. The number of halogens is 1. The van der Waals surface area contributed by atoms with Crippen molar-refractivity contribution >= 4 is 21.7 Å². The predicted octanol–water partition coefficient (Wildman–Crippen LogP) is 2.53. The molecule has 1 saturated heterocycles. The molecule has 1 aliphatic heterocycles. The van der Waals surface area contributed by atoms with Gasteiger partial charge in [0.25, 0.3) is 0 Å². The Labute approximate surface area is 120 Å². The van der Waals surface area contributed by atoms with Crippen molar-refractivity contribution < 1.29 is 4.74 Å². The molecule has 3 rings (SSSR count). The third kappa shape index (κ3) is 2.79. The van der Waals surface area contributed by atoms with Crippen LogP contribution in [-0.4, -0.2) is 28.0 Å². The highest BCUT2D eigenvalue weighted by atomic mass is 79.9. The van der Waals surface area contributed by atoms with Crippen molar-refractivity contribution in [1.82, 2.24) is 14.8 Å². The normalized spacial score (nSPS) is 15.3. The molecule has 3 heterocycles. The molecule has 0 atom stereocenters. The molecule has 0 saturated carbocycles. The van der Waals surface area contributed by atoms with E-state index in [1.165, 1.54) is 0 Å². The number of hydrogen-bond donors (Lipinski definition) is 1. The van der Waals surface area contributed by atoms with Gasteiger partial charge in [-0.1, -0.05) is 6.07 Å². The number of nitrogens with one attached hydrogen (secondary N) is 1. The first-order valence-corrected chi connectivity index (χ1v) is 6.99. The summed E-state index contributed by atoms with van der Waals surface area (Å²) in [5.74, 6) is 0.882. The topological polar surface area (TPSA) is 52.0 Å². The quantitative estimate of drug-likeness (QED) is 0.879. The minimum Gasteiger partial charge on any atom is -0.377 e. The minimum absolute atomic E-state index is 0.396. The summed E-state index contributed by atoms with van der Waals surface area (Å²) in [5.41, 5.74) is 2.28. The van der Waals surface area contributed by atoms with E-state index in [0.717, 1.165) is 41.3 Å². The first kappa shape index (κ1) is 12.6. The number of ether oxygens (including phenoxy) is 1. The van der Waals surface area contributed by atoms with E-state index in [-0.39, 0.29) is 0 Å². The Morgan fingerprint density at radius 2 is 2.37 bits per heavy atom. The molecule has 0 spiro atoms. The summed E-state index contributed by atoms with van der Waals surface area (Å²) in [7, 11) is 0. The molecule has 0 bridgehead atoms. The van der Waals surface area contributed by atoms with Crippen molar-refractivity contribution in [3.8, 4) is 0 Å². The first-order chi connectivity index (χ1) is 9.22. The molecule has 19 heavy (non-hydrogen) atoms. The Morgan fingerprint density at radius 1 is 1.53 bits per heavy atom. The summed E-state index contributed by atoms with van der Waals surface area (Å²) in [5, 5.41) is 7.79. The van der Waals surface area contributed by atoms with Crippen LogP contribution in [0, 0.1) is 6.92 Å². The minimum atomic E-state index is 0.396. The third-order valence-corrected chi connectivity index (χ3v) is 3.98. The smallest absolute Gasteiger partial charge is 0.148 e. The average molecular weight is 323 g/mol. The van der Waals surface area contributed by atoms with Gasteiger partial charge in [0, 0.05) is 25.0 Å². The summed E-state index contributed by atoms with van der Waals surface area (Å²) in [6.07, 6.45) is 3.85. The Hall–Kier alpha value is -1.40. The lowest BCUT2D eigenvalue weighted by Gasteiger charge is -2.25. The molecule has 2 aromatic heterocycles. The van der Waals surface area contributed by atoms with Crippen LogP contribution in [0.15, 0.2) is 29.1 Å². The summed E-state index contributed by atoms with van der Waals surface area (Å²) < 4.78 is 8.01. The SMILES string of the molecule is Cc1cc(CNc2ccn(C3COC3)n2)cnc1Br. The fourth-order valence-electron chi connectivity index (χ4n) is 1.92. The van der Waals surface area contributed by atoms with Crippen LogP contribution in [0.4, 0.5) is 5.82 Å². The van der Waals surface area contributed by atoms with Crippen LogP contribution in [0.25, 0.3) is 0 Å². The van der Waals surface area contributed by atoms with Crippen molar-refractivity contribution in [2.24, 2.45) is 0 Å². The predicted molar refractivity (Wildman–Crippen MR) is 76.1 cm³/mol. The molecule has 1 N–H and O–H groups in total. The number of aryl methyl sites for hydroxylation is 1. The van der Waals surface area contributed by atoms with Gasteiger partial charge in [-0.2, -0.15) is 5.10 Å². The summed E-state index contributed by atoms with van der Waals surface area (Å²) in [6.45, 7) is 4.28. The number of anilines is 1. The Kier molecular flexibility index (Phi) is 3.52. The Balaban J connectivity index is 1.61. The monoisotopic (exact) mass is 322 g/mol. The third-order valence-electron chi connectivity index (χ3n) is 3.15. The summed E-state index contributed by atoms with van der Waals surface area (Å²) in [6, 6.07) is 4.49. The molecule has 2 aromatic rings. The molecule has 0 aliphatic carbocycles. The zero-order valence-electron chi connectivity index (χ0n) is 10.6. The fraction of sp³-hybridized carbons (Fsp3) is 0.385. The number of nitrogens with zero attached hydrogens (tertiary/aromatic N) is 3. The van der Waals surface area contributed by atoms with Crippen LogP contribution in [0.3, 0.4) is 0 Å². The van der Waals surface area contributed by atoms with Crippen LogP contribution in [0.2, 0.25) is 0 Å². The second-order valence-electron chi connectivity index (χ2n) is 4.68. The van der Waals surface area contributed by atoms with Gasteiger partial charge in [0.1, 0.15) is 10.4 Å². The average Bonchev–Trinajstić information content (AvgIpc) is 2.77. The van der Waals surface area contributed by atoms with Gasteiger partial charge in [0.15, 0.2) is 0 Å². The van der Waals surface area contributed by atoms with Gasteiger partial charge in [-0.15, -0.1) is 0 Å². The number of aromatic nitrogens is 3. The summed E-state index contributed by atoms with van der Waals surface area (Å²) >= 11 is 3.40. The maximum atomic E-state index is 5.16. The highest BCUT2D eigenvalue weighted by Crippen LogP contribution is 2.18. The van der Waals surface area contributed by atoms with Gasteiger partial charge in [0.2, 0.25) is 0 Å². The number of hydrogen-bond acceptors (Lipinski definition) is 4. The van der Waals surface area contributed by atoms with Crippen LogP contribution in [0.5, 0.6) is 0 Å². The van der Waals surface area contributed by atoms with Gasteiger partial charge in [-0.3, -0.25) is 4.68 Å². The molecule has 100 valence electrons. The fourth-order valence-corrected chi connectivity index (χ4v) is 2.13. The zero-order chi connectivity index (χ0) is 13.2. The van der Waals surface area contributed by atoms with Crippen molar-refractivity contribution in [3.63, 3.8) is 0 Å². The van der Waals surface area contributed by atoms with Gasteiger partial charge in [-0.05, 0) is 34.0 Å². The molecule has 1 fully saturated rings. The zero-order valence-corrected chi connectivity index (χ0v) is 12.2. The van der Waals surface area contributed by atoms with E-state index < -0.39 is 0 Å². The van der Waals surface area contributed by atoms with E-state index in [2.05, 4.69) is 37.4 Å². The lowest BCUT2D eigenvalue weighted by atomic mass is 10.2. The largest absolute Gasteiger partial charge is 0.377 e. The molecule has 0 unspecified atom stereocenters. The molecule has 0 amide bonds. The van der Waals surface area contributed by atoms with E-state index in [1.807, 2.05) is 30.1 Å². The number of rotatable bonds is 4. The standard InChI is InChI=1S/C13H15BrN4O/c1-9-4-10(6-16-13(9)14)5-15-12-2-3-18(17-12)11-7-19-8-11/h2-4,6,11H,5,7-8H2,1H3,(H,15,17). The molecule has 6 heteroatoms. The Bertz CT molecular complexity index is 580. The van der Waals surface area contributed by atoms with Crippen molar-refractivity contribution in [1.29, 1.82) is 0 Å². The van der Waals surface area contributed by atoms with Gasteiger partial charge >= 0.3 is 0 Å². The molecule has 1 aliphatic rings. The van der Waals surface area contributed by atoms with Crippen molar-refractivity contribution in [3.05, 3.63) is 40.3 Å². The molecule has 5 nitrogen and oxygen atoms in total. The molecular weight excluding hydrogens is 308 g/mol. The lowest BCUT2D eigenvalue weighted by molar-refractivity contribution is -0.0285. The van der Waals surface area contributed by atoms with Gasteiger partial charge in [-0.25, -0.2) is 4.98 Å². The maximum absolute atomic E-state index is 5.16. The highest BCUT2D eigenvalue weighted by Gasteiger charge is 2.20. The first-order valence-electron chi connectivity index (χ1n) is 6.20. The lowest BCUT2D eigenvalue weighted by Crippen LogP contribution is -2.30. The highest BCUT2D eigenvalue weighted by molar-refractivity contribution is 9.10. The van der Waals surface area contributed by atoms with Crippen LogP contribution in [-0.2, 0) is 11.3 Å². The van der Waals surface area contributed by atoms with Gasteiger partial charge in [0.05, 0.1) is 19.3 Å². The maximum Gasteiger partial charge on any atom is 0.148 e. The van der Waals surface area contributed by atoms with Crippen molar-refractivity contribution in [2.45, 2.75) is 19.5 Å².